The molecule has 1 aromatic heterocycles. The number of rotatable bonds is 2. The molecule has 3 nitrogen and oxygen atoms in total. The molecule has 3 aromatic rings. The van der Waals surface area contributed by atoms with Crippen LogP contribution >= 0.6 is 11.6 Å². The molecule has 0 atom stereocenters. The second kappa shape index (κ2) is 4.94. The van der Waals surface area contributed by atoms with Crippen molar-refractivity contribution in [2.45, 2.75) is 0 Å². The van der Waals surface area contributed by atoms with Gasteiger partial charge in [0, 0.05) is 33.4 Å². The molecule has 1 heterocycles. The molecular weight excluding hydrogens is 272 g/mol. The van der Waals surface area contributed by atoms with Gasteiger partial charge in [-0.05, 0) is 30.3 Å². The Hall–Kier alpha value is -2.39. The molecule has 0 bridgehead atoms. The van der Waals surface area contributed by atoms with Crippen LogP contribution in [0.2, 0.25) is 5.02 Å². The summed E-state index contributed by atoms with van der Waals surface area (Å²) in [5, 5.41) is 1.43. The lowest BCUT2D eigenvalue weighted by Gasteiger charge is -2.06. The van der Waals surface area contributed by atoms with E-state index in [1.54, 1.807) is 24.4 Å². The summed E-state index contributed by atoms with van der Waals surface area (Å²) in [4.78, 5) is 16.7. The molecule has 0 spiro atoms. The first-order chi connectivity index (χ1) is 9.65. The molecule has 0 aliphatic rings. The van der Waals surface area contributed by atoms with Crippen molar-refractivity contribution >= 4 is 34.0 Å². The first-order valence-electron chi connectivity index (χ1n) is 6.09. The maximum absolute atomic E-state index is 12.5. The minimum atomic E-state index is -0.155. The maximum Gasteiger partial charge on any atom is 0.196 e. The van der Waals surface area contributed by atoms with Gasteiger partial charge in [0.25, 0.3) is 0 Å². The fourth-order valence-corrected chi connectivity index (χ4v) is 2.27. The predicted octanol–water partition coefficient (Wildman–Crippen LogP) is 3.70. The molecule has 0 aliphatic carbocycles. The number of halogens is 1. The number of nitrogens with zero attached hydrogens (tertiary/aromatic N) is 1. The van der Waals surface area contributed by atoms with Gasteiger partial charge in [0.1, 0.15) is 0 Å². The van der Waals surface area contributed by atoms with Crippen molar-refractivity contribution in [2.75, 3.05) is 5.73 Å². The second-order valence-corrected chi connectivity index (χ2v) is 4.91. The monoisotopic (exact) mass is 282 g/mol. The molecule has 0 saturated carbocycles. The normalized spacial score (nSPS) is 10.7. The van der Waals surface area contributed by atoms with Crippen molar-refractivity contribution in [2.24, 2.45) is 0 Å². The zero-order chi connectivity index (χ0) is 14.1. The van der Waals surface area contributed by atoms with E-state index < -0.39 is 0 Å². The quantitative estimate of drug-likeness (QED) is 0.576. The van der Waals surface area contributed by atoms with E-state index in [0.717, 1.165) is 10.9 Å². The van der Waals surface area contributed by atoms with Crippen LogP contribution in [-0.4, -0.2) is 10.8 Å². The Balaban J connectivity index is 2.08. The molecular formula is C16H11ClN2O. The summed E-state index contributed by atoms with van der Waals surface area (Å²) >= 11 is 5.84. The number of carbonyl (C=O) groups is 1. The summed E-state index contributed by atoms with van der Waals surface area (Å²) in [6.45, 7) is 0. The standard InChI is InChI=1S/C16H11ClN2O/c17-12-5-6-13(14(18)8-12)16(20)11-7-10-3-1-2-4-15(10)19-9-11/h1-9H,18H2. The Labute approximate surface area is 121 Å². The van der Waals surface area contributed by atoms with Crippen molar-refractivity contribution in [3.8, 4) is 0 Å². The van der Waals surface area contributed by atoms with Gasteiger partial charge < -0.3 is 5.73 Å². The number of benzene rings is 2. The summed E-state index contributed by atoms with van der Waals surface area (Å²) in [7, 11) is 0. The number of fused-ring (bicyclic) bond motifs is 1. The van der Waals surface area contributed by atoms with Crippen LogP contribution in [0.3, 0.4) is 0 Å². The average Bonchev–Trinajstić information content (AvgIpc) is 2.46. The molecule has 0 radical (unpaired) electrons. The minimum Gasteiger partial charge on any atom is -0.398 e. The van der Waals surface area contributed by atoms with Crippen molar-refractivity contribution in [1.82, 2.24) is 4.98 Å². The van der Waals surface area contributed by atoms with E-state index in [1.165, 1.54) is 0 Å². The SMILES string of the molecule is Nc1cc(Cl)ccc1C(=O)c1cnc2ccccc2c1. The highest BCUT2D eigenvalue weighted by atomic mass is 35.5. The Morgan fingerprint density at radius 1 is 1.10 bits per heavy atom. The lowest BCUT2D eigenvalue weighted by molar-refractivity contribution is 0.103. The molecule has 20 heavy (non-hydrogen) atoms. The molecule has 0 amide bonds. The van der Waals surface area contributed by atoms with E-state index in [0.29, 0.717) is 21.8 Å². The van der Waals surface area contributed by atoms with Gasteiger partial charge in [0.2, 0.25) is 0 Å². The van der Waals surface area contributed by atoms with E-state index in [2.05, 4.69) is 4.98 Å². The fourth-order valence-electron chi connectivity index (χ4n) is 2.09. The minimum absolute atomic E-state index is 0.155. The second-order valence-electron chi connectivity index (χ2n) is 4.48. The number of aromatic nitrogens is 1. The first kappa shape index (κ1) is 12.6. The average molecular weight is 283 g/mol. The van der Waals surface area contributed by atoms with Crippen molar-refractivity contribution in [1.29, 1.82) is 0 Å². The van der Waals surface area contributed by atoms with Gasteiger partial charge in [-0.25, -0.2) is 0 Å². The van der Waals surface area contributed by atoms with Gasteiger partial charge >= 0.3 is 0 Å². The van der Waals surface area contributed by atoms with E-state index in [9.17, 15) is 4.79 Å². The summed E-state index contributed by atoms with van der Waals surface area (Å²) in [6.07, 6.45) is 1.57. The molecule has 0 fully saturated rings. The molecule has 2 aromatic carbocycles. The summed E-state index contributed by atoms with van der Waals surface area (Å²) < 4.78 is 0. The summed E-state index contributed by atoms with van der Waals surface area (Å²) in [6, 6.07) is 14.3. The molecule has 4 heteroatoms. The largest absolute Gasteiger partial charge is 0.398 e. The number of ketones is 1. The highest BCUT2D eigenvalue weighted by Gasteiger charge is 2.13. The Morgan fingerprint density at radius 2 is 1.90 bits per heavy atom. The Kier molecular flexibility index (Phi) is 3.12. The summed E-state index contributed by atoms with van der Waals surface area (Å²) in [5.41, 5.74) is 8.02. The van der Waals surface area contributed by atoms with E-state index in [-0.39, 0.29) is 5.78 Å². The molecule has 98 valence electrons. The van der Waals surface area contributed by atoms with E-state index in [1.807, 2.05) is 30.3 Å². The first-order valence-corrected chi connectivity index (χ1v) is 6.47. The number of nitrogen functional groups attached to an aromatic ring is 1. The van der Waals surface area contributed by atoms with Crippen LogP contribution in [0.4, 0.5) is 5.69 Å². The van der Waals surface area contributed by atoms with Gasteiger partial charge in [0.05, 0.1) is 5.52 Å². The van der Waals surface area contributed by atoms with E-state index >= 15 is 0 Å². The zero-order valence-corrected chi connectivity index (χ0v) is 11.3. The third-order valence-corrected chi connectivity index (χ3v) is 3.35. The number of hydrogen-bond donors (Lipinski definition) is 1. The Morgan fingerprint density at radius 3 is 2.70 bits per heavy atom. The van der Waals surface area contributed by atoms with Gasteiger partial charge in [-0.1, -0.05) is 29.8 Å². The lowest BCUT2D eigenvalue weighted by Crippen LogP contribution is -2.05. The van der Waals surface area contributed by atoms with Crippen LogP contribution in [0, 0.1) is 0 Å². The maximum atomic E-state index is 12.5. The number of nitrogens with two attached hydrogens (primary N) is 1. The number of pyridine rings is 1. The highest BCUT2D eigenvalue weighted by molar-refractivity contribution is 6.31. The molecule has 3 rings (SSSR count). The van der Waals surface area contributed by atoms with Gasteiger partial charge in [-0.2, -0.15) is 0 Å². The van der Waals surface area contributed by atoms with Crippen LogP contribution in [0.15, 0.2) is 54.7 Å². The molecule has 0 unspecified atom stereocenters. The molecule has 0 saturated heterocycles. The topological polar surface area (TPSA) is 56.0 Å². The number of anilines is 1. The van der Waals surface area contributed by atoms with Crippen molar-refractivity contribution in [3.63, 3.8) is 0 Å². The number of carbonyl (C=O) groups excluding carboxylic acids is 1. The Bertz CT molecular complexity index is 814. The predicted molar refractivity (Wildman–Crippen MR) is 81.0 cm³/mol. The van der Waals surface area contributed by atoms with Crippen LogP contribution in [0.1, 0.15) is 15.9 Å². The van der Waals surface area contributed by atoms with Crippen molar-refractivity contribution in [3.05, 3.63) is 70.9 Å². The van der Waals surface area contributed by atoms with Crippen molar-refractivity contribution < 1.29 is 4.79 Å². The zero-order valence-electron chi connectivity index (χ0n) is 10.5. The van der Waals surface area contributed by atoms with Crippen LogP contribution < -0.4 is 5.73 Å². The smallest absolute Gasteiger partial charge is 0.196 e. The fraction of sp³-hybridized carbons (Fsp3) is 0. The number of para-hydroxylation sites is 1. The third-order valence-electron chi connectivity index (χ3n) is 3.11. The van der Waals surface area contributed by atoms with Gasteiger partial charge in [-0.15, -0.1) is 0 Å². The third kappa shape index (κ3) is 2.24. The van der Waals surface area contributed by atoms with Crippen LogP contribution in [0.25, 0.3) is 10.9 Å². The summed E-state index contributed by atoms with van der Waals surface area (Å²) in [5.74, 6) is -0.155. The van der Waals surface area contributed by atoms with E-state index in [4.69, 9.17) is 17.3 Å². The van der Waals surface area contributed by atoms with Crippen LogP contribution in [0.5, 0.6) is 0 Å². The highest BCUT2D eigenvalue weighted by Crippen LogP contribution is 2.22. The molecule has 0 aliphatic heterocycles. The molecule has 2 N–H and O–H groups in total. The lowest BCUT2D eigenvalue weighted by atomic mass is 10.0. The van der Waals surface area contributed by atoms with Crippen LogP contribution in [-0.2, 0) is 0 Å². The van der Waals surface area contributed by atoms with Gasteiger partial charge in [0.15, 0.2) is 5.78 Å². The number of hydrogen-bond acceptors (Lipinski definition) is 3. The van der Waals surface area contributed by atoms with Gasteiger partial charge in [-0.3, -0.25) is 9.78 Å².